The number of amides is 1. The maximum Gasteiger partial charge on any atom is 0.255 e. The van der Waals surface area contributed by atoms with Gasteiger partial charge in [-0.05, 0) is 80.2 Å². The molecule has 4 aliphatic carbocycles. The molecule has 2 aromatic carbocycles. The highest BCUT2D eigenvalue weighted by molar-refractivity contribution is 7.92. The number of hydrogen-bond donors (Lipinski definition) is 3. The van der Waals surface area contributed by atoms with Crippen LogP contribution in [0, 0.1) is 29.4 Å². The second kappa shape index (κ2) is 8.26. The first-order valence-electron chi connectivity index (χ1n) is 11.2. The van der Waals surface area contributed by atoms with Crippen LogP contribution in [0.5, 0.6) is 0 Å². The SMILES string of the molecule is O=C(Nc1ccc(F)c(F)c1)c1ccc(Cl)c(S(=O)(=O)C2CC3CC(C2)C3(O)C(O)C2CC2)c1. The maximum absolute atomic E-state index is 13.5. The van der Waals surface area contributed by atoms with Crippen LogP contribution in [0.25, 0.3) is 0 Å². The van der Waals surface area contributed by atoms with Crippen molar-refractivity contribution in [2.75, 3.05) is 5.32 Å². The van der Waals surface area contributed by atoms with Gasteiger partial charge in [0.1, 0.15) is 0 Å². The standard InChI is InChI=1S/C24H24ClF2NO5S/c25-18-5-3-13(23(30)28-16-4-6-19(26)20(27)11-16)7-21(18)34(32,33)17-9-14-8-15(10-17)24(14,31)22(29)12-1-2-12/h3-7,11-12,14-15,17,22,29,31H,1-2,8-10H2,(H,28,30). The molecule has 0 saturated heterocycles. The fourth-order valence-corrected chi connectivity index (χ4v) is 7.94. The van der Waals surface area contributed by atoms with Crippen molar-refractivity contribution in [1.29, 1.82) is 0 Å². The summed E-state index contributed by atoms with van der Waals surface area (Å²) >= 11 is 6.22. The maximum atomic E-state index is 13.5. The summed E-state index contributed by atoms with van der Waals surface area (Å²) in [5.41, 5.74) is -1.22. The molecule has 6 nitrogen and oxygen atoms in total. The molecule has 2 bridgehead atoms. The Morgan fingerprint density at radius 3 is 2.35 bits per heavy atom. The van der Waals surface area contributed by atoms with Crippen LogP contribution in [0.4, 0.5) is 14.5 Å². The van der Waals surface area contributed by atoms with E-state index in [2.05, 4.69) is 5.32 Å². The first-order valence-corrected chi connectivity index (χ1v) is 13.1. The van der Waals surface area contributed by atoms with Crippen molar-refractivity contribution in [3.05, 3.63) is 58.6 Å². The lowest BCUT2D eigenvalue weighted by molar-refractivity contribution is -0.235. The summed E-state index contributed by atoms with van der Waals surface area (Å²) in [6.07, 6.45) is 2.02. The van der Waals surface area contributed by atoms with Crippen molar-refractivity contribution in [3.63, 3.8) is 0 Å². The van der Waals surface area contributed by atoms with E-state index >= 15 is 0 Å². The van der Waals surface area contributed by atoms with E-state index in [0.717, 1.165) is 25.0 Å². The minimum atomic E-state index is -3.93. The van der Waals surface area contributed by atoms with Crippen molar-refractivity contribution in [1.82, 2.24) is 0 Å². The Morgan fingerprint density at radius 1 is 1.06 bits per heavy atom. The van der Waals surface area contributed by atoms with Gasteiger partial charge in [0.15, 0.2) is 21.5 Å². The highest BCUT2D eigenvalue weighted by Crippen LogP contribution is 2.59. The lowest BCUT2D eigenvalue weighted by Crippen LogP contribution is -2.67. The number of sulfone groups is 1. The van der Waals surface area contributed by atoms with E-state index in [1.165, 1.54) is 24.3 Å². The summed E-state index contributed by atoms with van der Waals surface area (Å²) in [5, 5.41) is 23.3. The van der Waals surface area contributed by atoms with Crippen LogP contribution in [0.3, 0.4) is 0 Å². The van der Waals surface area contributed by atoms with E-state index in [9.17, 15) is 32.2 Å². The monoisotopic (exact) mass is 511 g/mol. The Kier molecular flexibility index (Phi) is 5.75. The second-order valence-electron chi connectivity index (χ2n) is 9.67. The predicted molar refractivity (Wildman–Crippen MR) is 121 cm³/mol. The van der Waals surface area contributed by atoms with Gasteiger partial charge >= 0.3 is 0 Å². The van der Waals surface area contributed by atoms with E-state index in [0.29, 0.717) is 6.42 Å². The molecule has 4 fully saturated rings. The summed E-state index contributed by atoms with van der Waals surface area (Å²) < 4.78 is 53.5. The van der Waals surface area contributed by atoms with Crippen LogP contribution < -0.4 is 5.32 Å². The minimum absolute atomic E-state index is 0.00524. The Bertz CT molecular complexity index is 1250. The zero-order valence-corrected chi connectivity index (χ0v) is 19.6. The molecule has 0 aromatic heterocycles. The van der Waals surface area contributed by atoms with Gasteiger partial charge in [-0.25, -0.2) is 17.2 Å². The average Bonchev–Trinajstić information content (AvgIpc) is 3.66. The van der Waals surface area contributed by atoms with Gasteiger partial charge in [0.2, 0.25) is 0 Å². The highest BCUT2D eigenvalue weighted by Gasteiger charge is 2.65. The van der Waals surface area contributed by atoms with Crippen LogP contribution in [-0.2, 0) is 9.84 Å². The molecule has 10 heteroatoms. The van der Waals surface area contributed by atoms with E-state index in [-0.39, 0.29) is 51.8 Å². The first kappa shape index (κ1) is 23.7. The van der Waals surface area contributed by atoms with Crippen LogP contribution in [0.1, 0.15) is 42.5 Å². The third-order valence-electron chi connectivity index (χ3n) is 7.63. The van der Waals surface area contributed by atoms with Gasteiger partial charge in [0, 0.05) is 17.3 Å². The molecular formula is C24H24ClF2NO5S. The molecule has 3 atom stereocenters. The summed E-state index contributed by atoms with van der Waals surface area (Å²) in [4.78, 5) is 12.4. The van der Waals surface area contributed by atoms with E-state index in [1.54, 1.807) is 0 Å². The minimum Gasteiger partial charge on any atom is -0.390 e. The number of carbonyl (C=O) groups is 1. The Morgan fingerprint density at radius 2 is 1.74 bits per heavy atom. The number of rotatable bonds is 6. The molecule has 0 heterocycles. The van der Waals surface area contributed by atoms with E-state index < -0.39 is 44.3 Å². The number of carbonyl (C=O) groups excluding carboxylic acids is 1. The van der Waals surface area contributed by atoms with Crippen molar-refractivity contribution < 1.29 is 32.2 Å². The molecule has 4 saturated carbocycles. The summed E-state index contributed by atoms with van der Waals surface area (Å²) in [7, 11) is -3.93. The molecule has 2 aromatic rings. The quantitative estimate of drug-likeness (QED) is 0.545. The zero-order valence-electron chi connectivity index (χ0n) is 18.0. The fourth-order valence-electron chi connectivity index (χ4n) is 5.54. The lowest BCUT2D eigenvalue weighted by Gasteiger charge is -2.60. The summed E-state index contributed by atoms with van der Waals surface area (Å²) in [5.74, 6) is -3.41. The van der Waals surface area contributed by atoms with Crippen LogP contribution in [0.15, 0.2) is 41.3 Å². The topological polar surface area (TPSA) is 104 Å². The normalized spacial score (nSPS) is 29.3. The molecule has 1 amide bonds. The number of halogens is 3. The first-order chi connectivity index (χ1) is 16.0. The predicted octanol–water partition coefficient (Wildman–Crippen LogP) is 3.94. The molecule has 34 heavy (non-hydrogen) atoms. The van der Waals surface area contributed by atoms with Crippen molar-refractivity contribution in [2.45, 2.75) is 54.0 Å². The Hall–Kier alpha value is -2.07. The lowest BCUT2D eigenvalue weighted by atomic mass is 9.51. The molecule has 0 aliphatic heterocycles. The third-order valence-corrected chi connectivity index (χ3v) is 10.3. The van der Waals surface area contributed by atoms with Gasteiger partial charge in [-0.1, -0.05) is 11.6 Å². The third kappa shape index (κ3) is 3.82. The Balaban J connectivity index is 1.36. The molecule has 4 aliphatic rings. The zero-order chi connectivity index (χ0) is 24.4. The van der Waals surface area contributed by atoms with E-state index in [1.807, 2.05) is 0 Å². The number of nitrogens with one attached hydrogen (secondary N) is 1. The number of benzene rings is 2. The average molecular weight is 512 g/mol. The number of aliphatic hydroxyl groups is 2. The second-order valence-corrected chi connectivity index (χ2v) is 12.3. The number of fused-ring (bicyclic) bond motifs is 2. The van der Waals surface area contributed by atoms with Crippen molar-refractivity contribution in [3.8, 4) is 0 Å². The smallest absolute Gasteiger partial charge is 0.255 e. The van der Waals surface area contributed by atoms with Crippen LogP contribution >= 0.6 is 11.6 Å². The number of hydrogen-bond acceptors (Lipinski definition) is 5. The fraction of sp³-hybridized carbons (Fsp3) is 0.458. The highest BCUT2D eigenvalue weighted by atomic mass is 35.5. The molecule has 0 spiro atoms. The van der Waals surface area contributed by atoms with Crippen LogP contribution in [0.2, 0.25) is 5.02 Å². The van der Waals surface area contributed by atoms with Gasteiger partial charge in [0.05, 0.1) is 26.9 Å². The van der Waals surface area contributed by atoms with Crippen molar-refractivity contribution >= 4 is 33.0 Å². The molecule has 0 radical (unpaired) electrons. The largest absolute Gasteiger partial charge is 0.390 e. The molecule has 3 unspecified atom stereocenters. The molecule has 182 valence electrons. The molecule has 3 N–H and O–H groups in total. The van der Waals surface area contributed by atoms with Crippen molar-refractivity contribution in [2.24, 2.45) is 17.8 Å². The number of aliphatic hydroxyl groups excluding tert-OH is 1. The van der Waals surface area contributed by atoms with Gasteiger partial charge < -0.3 is 15.5 Å². The number of anilines is 1. The van der Waals surface area contributed by atoms with Gasteiger partial charge in [-0.3, -0.25) is 4.79 Å². The van der Waals surface area contributed by atoms with Gasteiger partial charge in [0.25, 0.3) is 5.91 Å². The van der Waals surface area contributed by atoms with Crippen LogP contribution in [-0.4, -0.2) is 41.5 Å². The van der Waals surface area contributed by atoms with Gasteiger partial charge in [-0.2, -0.15) is 0 Å². The Labute approximate surface area is 200 Å². The van der Waals surface area contributed by atoms with E-state index in [4.69, 9.17) is 11.6 Å². The summed E-state index contributed by atoms with van der Waals surface area (Å²) in [6, 6.07) is 6.73. The van der Waals surface area contributed by atoms with Gasteiger partial charge in [-0.15, -0.1) is 0 Å². The molecule has 6 rings (SSSR count). The molecular weight excluding hydrogens is 488 g/mol. The summed E-state index contributed by atoms with van der Waals surface area (Å²) in [6.45, 7) is 0.